The molecule has 2 bridgehead atoms. The highest BCUT2D eigenvalue weighted by Gasteiger charge is 2.47. The van der Waals surface area contributed by atoms with Gasteiger partial charge in [0.1, 0.15) is 23.0 Å². The number of nitrogens with zero attached hydrogens (tertiary/aromatic N) is 4. The third-order valence-electron chi connectivity index (χ3n) is 6.42. The van der Waals surface area contributed by atoms with Crippen LogP contribution in [-0.2, 0) is 6.18 Å². The van der Waals surface area contributed by atoms with Gasteiger partial charge in [-0.3, -0.25) is 9.78 Å². The Labute approximate surface area is 193 Å². The van der Waals surface area contributed by atoms with Gasteiger partial charge in [0.15, 0.2) is 0 Å². The molecule has 1 saturated heterocycles. The fraction of sp³-hybridized carbons (Fsp3) is 0.333. The third kappa shape index (κ3) is 4.08. The number of piperidine rings is 1. The maximum Gasteiger partial charge on any atom is 0.417 e. The summed E-state index contributed by atoms with van der Waals surface area (Å²) in [4.78, 5) is 27.7. The van der Waals surface area contributed by atoms with E-state index in [9.17, 15) is 22.4 Å². The maximum atomic E-state index is 14.5. The Morgan fingerprint density at radius 3 is 2.62 bits per heavy atom. The molecule has 3 aromatic heterocycles. The van der Waals surface area contributed by atoms with Crippen molar-refractivity contribution in [2.24, 2.45) is 5.92 Å². The van der Waals surface area contributed by atoms with Crippen LogP contribution in [0.1, 0.15) is 34.6 Å². The SMILES string of the molecule is Cc1ccc(-c2ncccc2F)c(C(=O)N2C[C@@H]3C[C@@H](Nc4ccc(C(F)(F)F)cn4)[C@@H]2C3)n1. The van der Waals surface area contributed by atoms with Crippen LogP contribution in [0, 0.1) is 18.7 Å². The van der Waals surface area contributed by atoms with Gasteiger partial charge in [0.25, 0.3) is 5.91 Å². The lowest BCUT2D eigenvalue weighted by atomic mass is 10.0. The van der Waals surface area contributed by atoms with Gasteiger partial charge in [0, 0.05) is 36.2 Å². The highest BCUT2D eigenvalue weighted by Crippen LogP contribution is 2.40. The number of fused-ring (bicyclic) bond motifs is 2. The number of hydrogen-bond acceptors (Lipinski definition) is 5. The second kappa shape index (κ2) is 8.34. The van der Waals surface area contributed by atoms with Crippen LogP contribution in [0.5, 0.6) is 0 Å². The number of alkyl halides is 3. The predicted molar refractivity (Wildman–Crippen MR) is 116 cm³/mol. The number of hydrogen-bond donors (Lipinski definition) is 1. The van der Waals surface area contributed by atoms with Gasteiger partial charge in [-0.15, -0.1) is 0 Å². The van der Waals surface area contributed by atoms with Crippen molar-refractivity contribution in [3.05, 3.63) is 71.6 Å². The van der Waals surface area contributed by atoms with Gasteiger partial charge in [0.05, 0.1) is 11.6 Å². The van der Waals surface area contributed by atoms with Gasteiger partial charge >= 0.3 is 6.18 Å². The summed E-state index contributed by atoms with van der Waals surface area (Å²) in [5, 5.41) is 3.19. The van der Waals surface area contributed by atoms with E-state index in [0.717, 1.165) is 25.1 Å². The van der Waals surface area contributed by atoms with Crippen molar-refractivity contribution < 1.29 is 22.4 Å². The van der Waals surface area contributed by atoms with E-state index in [-0.39, 0.29) is 35.3 Å². The fourth-order valence-electron chi connectivity index (χ4n) is 4.88. The van der Waals surface area contributed by atoms with E-state index < -0.39 is 17.6 Å². The third-order valence-corrected chi connectivity index (χ3v) is 6.42. The molecule has 0 spiro atoms. The average Bonchev–Trinajstić information content (AvgIpc) is 3.40. The Bertz CT molecular complexity index is 1230. The molecular weight excluding hydrogens is 450 g/mol. The summed E-state index contributed by atoms with van der Waals surface area (Å²) in [7, 11) is 0. The standard InChI is InChI=1S/C24H21F4N5O/c1-13-4-6-16(21-17(25)3-2-8-29-21)22(31-13)23(34)33-12-14-9-18(19(33)10-14)32-20-7-5-15(11-30-20)24(26,27)28/h2-8,11,14,18-19H,9-10,12H2,1H3,(H,30,32)/t14-,18-,19+/m1/s1. The molecule has 176 valence electrons. The van der Waals surface area contributed by atoms with Crippen LogP contribution in [0.2, 0.25) is 0 Å². The quantitative estimate of drug-likeness (QED) is 0.558. The first-order valence-corrected chi connectivity index (χ1v) is 10.9. The smallest absolute Gasteiger partial charge is 0.365 e. The molecular formula is C24H21F4N5O. The zero-order chi connectivity index (χ0) is 24.0. The first-order chi connectivity index (χ1) is 16.2. The minimum Gasteiger partial charge on any atom is -0.365 e. The Hall–Kier alpha value is -3.56. The number of anilines is 1. The second-order valence-electron chi connectivity index (χ2n) is 8.73. The molecule has 10 heteroatoms. The number of aromatic nitrogens is 3. The molecule has 2 aliphatic rings. The molecule has 34 heavy (non-hydrogen) atoms. The van der Waals surface area contributed by atoms with Gasteiger partial charge in [-0.25, -0.2) is 14.4 Å². The van der Waals surface area contributed by atoms with Crippen LogP contribution >= 0.6 is 0 Å². The Kier molecular flexibility index (Phi) is 5.45. The second-order valence-corrected chi connectivity index (χ2v) is 8.73. The summed E-state index contributed by atoms with van der Waals surface area (Å²) in [5.41, 5.74) is 0.326. The molecule has 5 rings (SSSR count). The number of likely N-dealkylation sites (tertiary alicyclic amines) is 1. The number of carbonyl (C=O) groups excluding carboxylic acids is 1. The van der Waals surface area contributed by atoms with Crippen molar-refractivity contribution in [1.82, 2.24) is 19.9 Å². The number of aryl methyl sites for hydroxylation is 1. The topological polar surface area (TPSA) is 71.0 Å². The van der Waals surface area contributed by atoms with E-state index >= 15 is 0 Å². The number of amides is 1. The summed E-state index contributed by atoms with van der Waals surface area (Å²) >= 11 is 0. The Morgan fingerprint density at radius 2 is 1.94 bits per heavy atom. The van der Waals surface area contributed by atoms with Crippen molar-refractivity contribution in [2.45, 2.75) is 38.0 Å². The molecule has 1 amide bonds. The molecule has 0 radical (unpaired) electrons. The molecule has 2 fully saturated rings. The number of carbonyl (C=O) groups is 1. The van der Waals surface area contributed by atoms with Gasteiger partial charge in [-0.1, -0.05) is 0 Å². The molecule has 0 unspecified atom stereocenters. The number of pyridine rings is 3. The molecule has 1 saturated carbocycles. The van der Waals surface area contributed by atoms with E-state index in [1.807, 2.05) is 0 Å². The molecule has 0 aromatic carbocycles. The van der Waals surface area contributed by atoms with Crippen LogP contribution in [0.15, 0.2) is 48.8 Å². The van der Waals surface area contributed by atoms with E-state index in [2.05, 4.69) is 20.3 Å². The summed E-state index contributed by atoms with van der Waals surface area (Å²) in [6.45, 7) is 2.30. The minimum absolute atomic E-state index is 0.0614. The first-order valence-electron chi connectivity index (χ1n) is 10.9. The van der Waals surface area contributed by atoms with Gasteiger partial charge in [-0.2, -0.15) is 13.2 Å². The molecule has 1 N–H and O–H groups in total. The number of rotatable bonds is 4. The highest BCUT2D eigenvalue weighted by molar-refractivity contribution is 5.99. The molecule has 1 aliphatic carbocycles. The van der Waals surface area contributed by atoms with E-state index in [4.69, 9.17) is 0 Å². The Morgan fingerprint density at radius 1 is 1.12 bits per heavy atom. The average molecular weight is 471 g/mol. The van der Waals surface area contributed by atoms with E-state index in [1.54, 1.807) is 24.0 Å². The van der Waals surface area contributed by atoms with E-state index in [1.165, 1.54) is 24.4 Å². The summed E-state index contributed by atoms with van der Waals surface area (Å²) in [6.07, 6.45) is -0.653. The lowest BCUT2D eigenvalue weighted by molar-refractivity contribution is -0.137. The number of halogens is 4. The zero-order valence-corrected chi connectivity index (χ0v) is 18.2. The molecule has 1 aliphatic heterocycles. The van der Waals surface area contributed by atoms with Crippen molar-refractivity contribution in [2.75, 3.05) is 11.9 Å². The van der Waals surface area contributed by atoms with Crippen molar-refractivity contribution in [1.29, 1.82) is 0 Å². The number of nitrogens with one attached hydrogen (secondary N) is 1. The summed E-state index contributed by atoms with van der Waals surface area (Å²) < 4.78 is 52.9. The molecule has 4 heterocycles. The molecule has 3 atom stereocenters. The van der Waals surface area contributed by atoms with Crippen LogP contribution in [-0.4, -0.2) is 44.4 Å². The Balaban J connectivity index is 1.39. The van der Waals surface area contributed by atoms with Gasteiger partial charge in [-0.05, 0) is 62.1 Å². The monoisotopic (exact) mass is 471 g/mol. The van der Waals surface area contributed by atoms with Crippen LogP contribution in [0.4, 0.5) is 23.4 Å². The van der Waals surface area contributed by atoms with Crippen molar-refractivity contribution in [3.8, 4) is 11.3 Å². The van der Waals surface area contributed by atoms with Crippen LogP contribution in [0.3, 0.4) is 0 Å². The normalized spacial score (nSPS) is 21.7. The van der Waals surface area contributed by atoms with Crippen LogP contribution < -0.4 is 5.32 Å². The summed E-state index contributed by atoms with van der Waals surface area (Å²) in [6, 6.07) is 8.06. The first kappa shape index (κ1) is 22.2. The van der Waals surface area contributed by atoms with Gasteiger partial charge < -0.3 is 10.2 Å². The maximum absolute atomic E-state index is 14.5. The van der Waals surface area contributed by atoms with E-state index in [0.29, 0.717) is 23.6 Å². The van der Waals surface area contributed by atoms with Crippen molar-refractivity contribution >= 4 is 11.7 Å². The van der Waals surface area contributed by atoms with Crippen LogP contribution in [0.25, 0.3) is 11.3 Å². The molecule has 3 aromatic rings. The van der Waals surface area contributed by atoms with Gasteiger partial charge in [0.2, 0.25) is 0 Å². The fourth-order valence-corrected chi connectivity index (χ4v) is 4.88. The molecule has 6 nitrogen and oxygen atoms in total. The lowest BCUT2D eigenvalue weighted by Gasteiger charge is -2.34. The lowest BCUT2D eigenvalue weighted by Crippen LogP contribution is -2.48. The highest BCUT2D eigenvalue weighted by atomic mass is 19.4. The zero-order valence-electron chi connectivity index (χ0n) is 18.2. The minimum atomic E-state index is -4.45. The van der Waals surface area contributed by atoms with Crippen molar-refractivity contribution in [3.63, 3.8) is 0 Å². The largest absolute Gasteiger partial charge is 0.417 e. The summed E-state index contributed by atoms with van der Waals surface area (Å²) in [5.74, 6) is -0.287. The predicted octanol–water partition coefficient (Wildman–Crippen LogP) is 4.72.